The number of nitriles is 1. The highest BCUT2D eigenvalue weighted by Gasteiger charge is 2.28. The van der Waals surface area contributed by atoms with Crippen molar-refractivity contribution in [2.45, 2.75) is 19.9 Å². The van der Waals surface area contributed by atoms with Crippen LogP contribution in [0.5, 0.6) is 5.75 Å². The van der Waals surface area contributed by atoms with Gasteiger partial charge in [0.15, 0.2) is 11.2 Å². The fourth-order valence-electron chi connectivity index (χ4n) is 5.18. The first-order valence-electron chi connectivity index (χ1n) is 11.7. The molecule has 0 unspecified atom stereocenters. The first-order valence-corrected chi connectivity index (χ1v) is 11.7. The summed E-state index contributed by atoms with van der Waals surface area (Å²) in [4.78, 5) is 21.4. The fraction of sp³-hybridized carbons (Fsp3) is 0.360. The highest BCUT2D eigenvalue weighted by atomic mass is 19.1. The molecule has 0 aliphatic carbocycles. The van der Waals surface area contributed by atoms with Gasteiger partial charge in [-0.15, -0.1) is 0 Å². The Balaban J connectivity index is 1.87. The topological polar surface area (TPSA) is 77.3 Å². The summed E-state index contributed by atoms with van der Waals surface area (Å²) in [6, 6.07) is 8.89. The molecule has 174 valence electrons. The summed E-state index contributed by atoms with van der Waals surface area (Å²) >= 11 is 0. The predicted molar refractivity (Wildman–Crippen MR) is 136 cm³/mol. The van der Waals surface area contributed by atoms with E-state index in [1.165, 1.54) is 7.11 Å². The van der Waals surface area contributed by atoms with Crippen LogP contribution in [0, 0.1) is 17.1 Å². The predicted octanol–water partition coefficient (Wildman–Crippen LogP) is 2.95. The Bertz CT molecular complexity index is 1530. The van der Waals surface area contributed by atoms with Gasteiger partial charge in [-0.3, -0.25) is 4.79 Å². The third-order valence-electron chi connectivity index (χ3n) is 6.91. The number of rotatable bonds is 4. The molecular formula is C25H27BFN5O2. The number of methoxy groups -OCH3 is 1. The number of ether oxygens (including phenoxy) is 1. The summed E-state index contributed by atoms with van der Waals surface area (Å²) in [6.07, 6.45) is 0.962. The lowest BCUT2D eigenvalue weighted by atomic mass is 10.1. The number of halogens is 1. The normalized spacial score (nSPS) is 15.0. The largest absolute Gasteiger partial charge is 0.494 e. The molecule has 0 radical (unpaired) electrons. The molecule has 2 aromatic carbocycles. The summed E-state index contributed by atoms with van der Waals surface area (Å²) < 4.78 is 23.9. The minimum absolute atomic E-state index is 0.123. The number of aromatic amines is 1. The summed E-state index contributed by atoms with van der Waals surface area (Å²) in [6.45, 7) is 7.00. The van der Waals surface area contributed by atoms with Crippen molar-refractivity contribution in [2.75, 3.05) is 44.6 Å². The molecule has 1 fully saturated rings. The smallest absolute Gasteiger partial charge is 0.199 e. The van der Waals surface area contributed by atoms with Crippen LogP contribution in [0.3, 0.4) is 0 Å². The zero-order valence-corrected chi connectivity index (χ0v) is 19.9. The Morgan fingerprint density at radius 3 is 2.56 bits per heavy atom. The standard InChI is InChI=1S/C25H27BFN5O2/c1-14(2)32-22-17(24(33)20-16-5-4-15(12-28)10-18(16)29-25(20)32)11-19(34-3)23(21(22)27)31-8-6-30(13-26)7-9-31/h4-5,10-11,14,29H,6-9,13,26H2,1-3H3. The van der Waals surface area contributed by atoms with E-state index in [0.29, 0.717) is 46.6 Å². The van der Waals surface area contributed by atoms with Crippen LogP contribution in [0.2, 0.25) is 0 Å². The maximum absolute atomic E-state index is 16.4. The number of nitrogens with zero attached hydrogens (tertiary/aromatic N) is 4. The van der Waals surface area contributed by atoms with E-state index in [2.05, 4.69) is 23.8 Å². The van der Waals surface area contributed by atoms with Crippen LogP contribution >= 0.6 is 0 Å². The molecule has 0 amide bonds. The van der Waals surface area contributed by atoms with E-state index in [9.17, 15) is 10.1 Å². The van der Waals surface area contributed by atoms with Crippen molar-refractivity contribution >= 4 is 46.4 Å². The van der Waals surface area contributed by atoms with Crippen LogP contribution in [0.15, 0.2) is 29.1 Å². The van der Waals surface area contributed by atoms with Crippen molar-refractivity contribution in [1.29, 1.82) is 5.26 Å². The third-order valence-corrected chi connectivity index (χ3v) is 6.91. The number of piperazine rings is 1. The van der Waals surface area contributed by atoms with Gasteiger partial charge in [-0.25, -0.2) is 4.39 Å². The summed E-state index contributed by atoms with van der Waals surface area (Å²) in [5.74, 6) is -0.0725. The molecule has 2 aromatic heterocycles. The SMILES string of the molecule is BCN1CCN(c2c(OC)cc3c(=O)c4c5ccc(C#N)cc5[nH]c4n(C(C)C)c3c2F)CC1. The number of hydrogen-bond acceptors (Lipinski definition) is 5. The average molecular weight is 459 g/mol. The molecule has 1 saturated heterocycles. The van der Waals surface area contributed by atoms with Crippen LogP contribution in [0.25, 0.3) is 32.8 Å². The molecule has 3 heterocycles. The molecule has 5 rings (SSSR count). The van der Waals surface area contributed by atoms with Gasteiger partial charge in [-0.05, 0) is 38.5 Å². The first kappa shape index (κ1) is 22.3. The lowest BCUT2D eigenvalue weighted by molar-refractivity contribution is 0.295. The average Bonchev–Trinajstić information content (AvgIpc) is 3.22. The Morgan fingerprint density at radius 1 is 1.21 bits per heavy atom. The summed E-state index contributed by atoms with van der Waals surface area (Å²) in [5.41, 5.74) is 2.16. The number of hydrogen-bond donors (Lipinski definition) is 1. The van der Waals surface area contributed by atoms with Crippen molar-refractivity contribution in [1.82, 2.24) is 14.5 Å². The van der Waals surface area contributed by atoms with Gasteiger partial charge in [-0.1, -0.05) is 6.07 Å². The molecule has 4 aromatic rings. The van der Waals surface area contributed by atoms with Crippen LogP contribution < -0.4 is 15.1 Å². The van der Waals surface area contributed by atoms with E-state index in [0.717, 1.165) is 24.9 Å². The molecule has 7 nitrogen and oxygen atoms in total. The van der Waals surface area contributed by atoms with Crippen molar-refractivity contribution in [3.63, 3.8) is 0 Å². The molecule has 0 bridgehead atoms. The van der Waals surface area contributed by atoms with Gasteiger partial charge in [0.25, 0.3) is 0 Å². The number of anilines is 1. The molecule has 1 aliphatic rings. The zero-order valence-electron chi connectivity index (χ0n) is 19.9. The molecule has 34 heavy (non-hydrogen) atoms. The monoisotopic (exact) mass is 459 g/mol. The van der Waals surface area contributed by atoms with Gasteiger partial charge >= 0.3 is 0 Å². The first-order chi connectivity index (χ1) is 16.4. The lowest BCUT2D eigenvalue weighted by Crippen LogP contribution is -2.47. The molecule has 1 aliphatic heterocycles. The van der Waals surface area contributed by atoms with Crippen LogP contribution in [0.1, 0.15) is 25.5 Å². The van der Waals surface area contributed by atoms with Crippen molar-refractivity contribution in [3.05, 3.63) is 45.9 Å². The van der Waals surface area contributed by atoms with Crippen molar-refractivity contribution in [2.24, 2.45) is 0 Å². The highest BCUT2D eigenvalue weighted by Crippen LogP contribution is 2.39. The zero-order chi connectivity index (χ0) is 24.1. The fourth-order valence-corrected chi connectivity index (χ4v) is 5.18. The van der Waals surface area contributed by atoms with Gasteiger partial charge in [-0.2, -0.15) is 5.26 Å². The number of fused-ring (bicyclic) bond motifs is 4. The second-order valence-electron chi connectivity index (χ2n) is 9.07. The van der Waals surface area contributed by atoms with E-state index in [-0.39, 0.29) is 22.4 Å². The number of pyridine rings is 1. The van der Waals surface area contributed by atoms with Crippen LogP contribution in [0.4, 0.5) is 10.1 Å². The van der Waals surface area contributed by atoms with E-state index in [1.54, 1.807) is 24.3 Å². The minimum Gasteiger partial charge on any atom is -0.494 e. The van der Waals surface area contributed by atoms with Gasteiger partial charge < -0.3 is 24.1 Å². The van der Waals surface area contributed by atoms with E-state index in [1.807, 2.05) is 23.3 Å². The third kappa shape index (κ3) is 3.24. The van der Waals surface area contributed by atoms with Gasteiger partial charge in [0.1, 0.15) is 24.9 Å². The lowest BCUT2D eigenvalue weighted by Gasteiger charge is -2.36. The molecule has 0 spiro atoms. The van der Waals surface area contributed by atoms with E-state index >= 15 is 4.39 Å². The van der Waals surface area contributed by atoms with Crippen molar-refractivity contribution < 1.29 is 9.13 Å². The highest BCUT2D eigenvalue weighted by molar-refractivity contribution is 6.10. The Labute approximate surface area is 197 Å². The van der Waals surface area contributed by atoms with Gasteiger partial charge in [0.05, 0.1) is 35.0 Å². The molecule has 0 saturated carbocycles. The maximum Gasteiger partial charge on any atom is 0.199 e. The number of aromatic nitrogens is 2. The quantitative estimate of drug-likeness (QED) is 0.475. The number of nitrogens with one attached hydrogen (secondary N) is 1. The maximum atomic E-state index is 16.4. The van der Waals surface area contributed by atoms with E-state index in [4.69, 9.17) is 4.74 Å². The Hall–Kier alpha value is -3.51. The van der Waals surface area contributed by atoms with Crippen LogP contribution in [-0.4, -0.2) is 62.0 Å². The Kier molecular flexibility index (Phi) is 5.49. The molecule has 9 heteroatoms. The molecule has 1 N–H and O–H groups in total. The molecule has 0 atom stereocenters. The van der Waals surface area contributed by atoms with Crippen LogP contribution in [-0.2, 0) is 0 Å². The second kappa shape index (κ2) is 8.37. The summed E-state index contributed by atoms with van der Waals surface area (Å²) in [5, 5.41) is 10.8. The summed E-state index contributed by atoms with van der Waals surface area (Å²) in [7, 11) is 3.64. The number of benzene rings is 2. The Morgan fingerprint density at radius 2 is 1.94 bits per heavy atom. The minimum atomic E-state index is -0.441. The van der Waals surface area contributed by atoms with E-state index < -0.39 is 5.82 Å². The van der Waals surface area contributed by atoms with Crippen molar-refractivity contribution in [3.8, 4) is 11.8 Å². The molecular weight excluding hydrogens is 432 g/mol. The van der Waals surface area contributed by atoms with Gasteiger partial charge in [0.2, 0.25) is 0 Å². The van der Waals surface area contributed by atoms with Gasteiger partial charge in [0, 0.05) is 43.1 Å². The second-order valence-corrected chi connectivity index (χ2v) is 9.07. The number of H-pyrrole nitrogens is 1.